The molecule has 0 radical (unpaired) electrons. The average molecular weight is 271 g/mol. The molecule has 0 heterocycles. The summed E-state index contributed by atoms with van der Waals surface area (Å²) in [7, 11) is 1.61. The first-order valence-corrected chi connectivity index (χ1v) is 6.33. The summed E-state index contributed by atoms with van der Waals surface area (Å²) in [5.41, 5.74) is 2.82. The molecular formula is C14H19ClO3. The summed E-state index contributed by atoms with van der Waals surface area (Å²) in [6.07, 6.45) is 0.514. The zero-order valence-electron chi connectivity index (χ0n) is 11.2. The van der Waals surface area contributed by atoms with Crippen LogP contribution in [0.1, 0.15) is 42.9 Å². The Morgan fingerprint density at radius 1 is 1.50 bits per heavy atom. The van der Waals surface area contributed by atoms with Gasteiger partial charge in [0, 0.05) is 11.4 Å². The van der Waals surface area contributed by atoms with E-state index in [0.29, 0.717) is 11.4 Å². The van der Waals surface area contributed by atoms with Crippen molar-refractivity contribution in [2.45, 2.75) is 39.5 Å². The van der Waals surface area contributed by atoms with E-state index < -0.39 is 5.97 Å². The molecule has 1 N–H and O–H groups in total. The lowest BCUT2D eigenvalue weighted by Crippen LogP contribution is -2.05. The first-order chi connectivity index (χ1) is 8.38. The molecule has 0 saturated carbocycles. The maximum Gasteiger partial charge on any atom is 0.303 e. The fourth-order valence-electron chi connectivity index (χ4n) is 2.00. The summed E-state index contributed by atoms with van der Waals surface area (Å²) in [6, 6.07) is 1.91. The number of methoxy groups -OCH3 is 1. The average Bonchev–Trinajstić information content (AvgIpc) is 2.29. The van der Waals surface area contributed by atoms with E-state index in [2.05, 4.69) is 13.8 Å². The number of hydrogen-bond donors (Lipinski definition) is 1. The zero-order chi connectivity index (χ0) is 13.9. The van der Waals surface area contributed by atoms with E-state index in [-0.39, 0.29) is 12.3 Å². The molecule has 1 aromatic carbocycles. The molecule has 1 aromatic rings. The van der Waals surface area contributed by atoms with Crippen molar-refractivity contribution in [2.24, 2.45) is 0 Å². The molecule has 18 heavy (non-hydrogen) atoms. The van der Waals surface area contributed by atoms with Crippen molar-refractivity contribution in [1.29, 1.82) is 0 Å². The molecule has 4 heteroatoms. The van der Waals surface area contributed by atoms with E-state index >= 15 is 0 Å². The van der Waals surface area contributed by atoms with Crippen LogP contribution in [0.4, 0.5) is 0 Å². The molecule has 0 unspecified atom stereocenters. The van der Waals surface area contributed by atoms with E-state index in [1.54, 1.807) is 7.11 Å². The van der Waals surface area contributed by atoms with Crippen molar-refractivity contribution in [3.8, 4) is 5.75 Å². The molecule has 0 atom stereocenters. The van der Waals surface area contributed by atoms with Gasteiger partial charge in [-0.2, -0.15) is 0 Å². The number of halogens is 1. The fourth-order valence-corrected chi connectivity index (χ4v) is 2.23. The van der Waals surface area contributed by atoms with Crippen molar-refractivity contribution in [3.63, 3.8) is 0 Å². The SMILES string of the molecule is COc1c(C(C)C)cc(Cl)c(C)c1CCC(=O)O. The highest BCUT2D eigenvalue weighted by molar-refractivity contribution is 6.31. The Balaban J connectivity index is 3.31. The van der Waals surface area contributed by atoms with Crippen molar-refractivity contribution in [1.82, 2.24) is 0 Å². The first kappa shape index (κ1) is 14.8. The molecule has 0 amide bonds. The van der Waals surface area contributed by atoms with Gasteiger partial charge in [0.05, 0.1) is 7.11 Å². The van der Waals surface area contributed by atoms with Crippen LogP contribution in [-0.4, -0.2) is 18.2 Å². The Hall–Kier alpha value is -1.22. The summed E-state index contributed by atoms with van der Waals surface area (Å²) in [6.45, 7) is 6.02. The summed E-state index contributed by atoms with van der Waals surface area (Å²) in [5, 5.41) is 9.47. The van der Waals surface area contributed by atoms with Gasteiger partial charge in [-0.05, 0) is 42.0 Å². The van der Waals surface area contributed by atoms with Gasteiger partial charge < -0.3 is 9.84 Å². The van der Waals surface area contributed by atoms with Crippen LogP contribution < -0.4 is 4.74 Å². The van der Waals surface area contributed by atoms with Gasteiger partial charge in [-0.15, -0.1) is 0 Å². The first-order valence-electron chi connectivity index (χ1n) is 5.96. The lowest BCUT2D eigenvalue weighted by atomic mass is 9.93. The minimum atomic E-state index is -0.817. The Morgan fingerprint density at radius 3 is 2.56 bits per heavy atom. The van der Waals surface area contributed by atoms with Crippen LogP contribution in [0.5, 0.6) is 5.75 Å². The summed E-state index contributed by atoms with van der Waals surface area (Å²) in [5.74, 6) is 0.234. The summed E-state index contributed by atoms with van der Waals surface area (Å²) in [4.78, 5) is 10.7. The minimum absolute atomic E-state index is 0.0784. The third-order valence-corrected chi connectivity index (χ3v) is 3.44. The van der Waals surface area contributed by atoms with Gasteiger partial charge in [0.1, 0.15) is 5.75 Å². The maximum atomic E-state index is 10.7. The van der Waals surface area contributed by atoms with Crippen molar-refractivity contribution in [2.75, 3.05) is 7.11 Å². The maximum absolute atomic E-state index is 10.7. The largest absolute Gasteiger partial charge is 0.496 e. The minimum Gasteiger partial charge on any atom is -0.496 e. The van der Waals surface area contributed by atoms with Crippen LogP contribution >= 0.6 is 11.6 Å². The van der Waals surface area contributed by atoms with Crippen LogP contribution in [0.2, 0.25) is 5.02 Å². The van der Waals surface area contributed by atoms with E-state index in [0.717, 1.165) is 22.4 Å². The van der Waals surface area contributed by atoms with Gasteiger partial charge in [0.2, 0.25) is 0 Å². The molecule has 0 aliphatic heterocycles. The molecule has 0 spiro atoms. The third-order valence-electron chi connectivity index (χ3n) is 3.04. The summed E-state index contributed by atoms with van der Waals surface area (Å²) >= 11 is 6.20. The van der Waals surface area contributed by atoms with E-state index in [9.17, 15) is 4.79 Å². The summed E-state index contributed by atoms with van der Waals surface area (Å²) < 4.78 is 5.45. The van der Waals surface area contributed by atoms with Gasteiger partial charge in [0.15, 0.2) is 0 Å². The number of rotatable bonds is 5. The van der Waals surface area contributed by atoms with Crippen molar-refractivity contribution >= 4 is 17.6 Å². The predicted molar refractivity (Wildman–Crippen MR) is 72.8 cm³/mol. The third kappa shape index (κ3) is 3.16. The van der Waals surface area contributed by atoms with Crippen LogP contribution in [0.25, 0.3) is 0 Å². The van der Waals surface area contributed by atoms with E-state index in [1.807, 2.05) is 13.0 Å². The number of ether oxygens (including phenoxy) is 1. The molecule has 0 fully saturated rings. The monoisotopic (exact) mass is 270 g/mol. The number of aliphatic carboxylic acids is 1. The number of carboxylic acid groups (broad SMARTS) is 1. The van der Waals surface area contributed by atoms with Crippen molar-refractivity contribution in [3.05, 3.63) is 27.8 Å². The second-order valence-electron chi connectivity index (χ2n) is 4.63. The van der Waals surface area contributed by atoms with Gasteiger partial charge >= 0.3 is 5.97 Å². The molecule has 0 aliphatic rings. The highest BCUT2D eigenvalue weighted by Gasteiger charge is 2.18. The van der Waals surface area contributed by atoms with Crippen LogP contribution in [0.3, 0.4) is 0 Å². The smallest absolute Gasteiger partial charge is 0.303 e. The van der Waals surface area contributed by atoms with E-state index in [1.165, 1.54) is 0 Å². The van der Waals surface area contributed by atoms with Crippen LogP contribution in [0.15, 0.2) is 6.07 Å². The van der Waals surface area contributed by atoms with Crippen molar-refractivity contribution < 1.29 is 14.6 Å². The molecule has 100 valence electrons. The van der Waals surface area contributed by atoms with Crippen LogP contribution in [0, 0.1) is 6.92 Å². The molecule has 0 aliphatic carbocycles. The quantitative estimate of drug-likeness (QED) is 0.885. The Kier molecular flexibility index (Phi) is 5.03. The second kappa shape index (κ2) is 6.10. The fraction of sp³-hybridized carbons (Fsp3) is 0.500. The Labute approximate surface area is 113 Å². The van der Waals surface area contributed by atoms with Gasteiger partial charge in [-0.25, -0.2) is 0 Å². The Morgan fingerprint density at radius 2 is 2.11 bits per heavy atom. The van der Waals surface area contributed by atoms with Gasteiger partial charge in [-0.1, -0.05) is 25.4 Å². The highest BCUT2D eigenvalue weighted by Crippen LogP contribution is 2.37. The molecule has 0 bridgehead atoms. The lowest BCUT2D eigenvalue weighted by Gasteiger charge is -2.19. The van der Waals surface area contributed by atoms with Crippen LogP contribution in [-0.2, 0) is 11.2 Å². The Bertz CT molecular complexity index is 453. The molecular weight excluding hydrogens is 252 g/mol. The number of benzene rings is 1. The zero-order valence-corrected chi connectivity index (χ0v) is 12.0. The molecule has 1 rings (SSSR count). The van der Waals surface area contributed by atoms with Gasteiger partial charge in [-0.3, -0.25) is 4.79 Å². The normalized spacial score (nSPS) is 10.8. The standard InChI is InChI=1S/C14H19ClO3/c1-8(2)11-7-12(15)9(3)10(14(11)18-4)5-6-13(16)17/h7-8H,5-6H2,1-4H3,(H,16,17). The van der Waals surface area contributed by atoms with Gasteiger partial charge in [0.25, 0.3) is 0 Å². The topological polar surface area (TPSA) is 46.5 Å². The molecule has 0 saturated heterocycles. The molecule has 3 nitrogen and oxygen atoms in total. The lowest BCUT2D eigenvalue weighted by molar-refractivity contribution is -0.136. The van der Waals surface area contributed by atoms with E-state index in [4.69, 9.17) is 21.4 Å². The second-order valence-corrected chi connectivity index (χ2v) is 5.04. The number of carbonyl (C=O) groups is 1. The number of hydrogen-bond acceptors (Lipinski definition) is 2. The highest BCUT2D eigenvalue weighted by atomic mass is 35.5. The molecule has 0 aromatic heterocycles. The number of carboxylic acids is 1. The predicted octanol–water partition coefficient (Wildman–Crippen LogP) is 3.80.